The first-order chi connectivity index (χ1) is 10.8. The average molecular weight is 332 g/mol. The molecule has 0 saturated carbocycles. The molecule has 1 amide bonds. The Bertz CT molecular complexity index is 765. The summed E-state index contributed by atoms with van der Waals surface area (Å²) in [6, 6.07) is 3.99. The van der Waals surface area contributed by atoms with Gasteiger partial charge in [0.05, 0.1) is 10.6 Å². The molecule has 0 unspecified atom stereocenters. The van der Waals surface area contributed by atoms with Crippen LogP contribution in [0.25, 0.3) is 0 Å². The van der Waals surface area contributed by atoms with Crippen molar-refractivity contribution in [3.8, 4) is 5.75 Å². The van der Waals surface area contributed by atoms with Crippen LogP contribution < -0.4 is 10.1 Å². The Labute approximate surface area is 139 Å². The van der Waals surface area contributed by atoms with Crippen LogP contribution in [0.2, 0.25) is 0 Å². The zero-order valence-corrected chi connectivity index (χ0v) is 14.8. The Balaban J connectivity index is 2.01. The standard InChI is InChI=1S/C17H20N2O3S/c1-9-6-10(2)11(3)14(7-9)22-8-15(21)19-17-18-12(4)16(23-17)13(5)20/h6-7H,8H2,1-5H3,(H,18,19,21). The van der Waals surface area contributed by atoms with Crippen molar-refractivity contribution in [2.45, 2.75) is 34.6 Å². The number of thiazole rings is 1. The molecule has 122 valence electrons. The number of aromatic nitrogens is 1. The molecule has 0 spiro atoms. The number of carbonyl (C=O) groups is 2. The lowest BCUT2D eigenvalue weighted by Gasteiger charge is -2.11. The van der Waals surface area contributed by atoms with Gasteiger partial charge in [-0.05, 0) is 50.5 Å². The maximum absolute atomic E-state index is 12.0. The number of rotatable bonds is 5. The molecular weight excluding hydrogens is 312 g/mol. The molecule has 0 aliphatic heterocycles. The minimum Gasteiger partial charge on any atom is -0.483 e. The van der Waals surface area contributed by atoms with Gasteiger partial charge in [-0.15, -0.1) is 0 Å². The Morgan fingerprint density at radius 3 is 2.52 bits per heavy atom. The lowest BCUT2D eigenvalue weighted by molar-refractivity contribution is -0.118. The number of anilines is 1. The molecule has 0 aliphatic rings. The summed E-state index contributed by atoms with van der Waals surface area (Å²) in [6.45, 7) is 9.09. The molecule has 1 aromatic heterocycles. The van der Waals surface area contributed by atoms with Crippen LogP contribution in [0, 0.1) is 27.7 Å². The van der Waals surface area contributed by atoms with E-state index < -0.39 is 0 Å². The van der Waals surface area contributed by atoms with E-state index in [0.29, 0.717) is 21.5 Å². The van der Waals surface area contributed by atoms with Gasteiger partial charge in [0.25, 0.3) is 5.91 Å². The Kier molecular flexibility index (Phi) is 5.15. The lowest BCUT2D eigenvalue weighted by atomic mass is 10.1. The van der Waals surface area contributed by atoms with Crippen LogP contribution in [-0.2, 0) is 4.79 Å². The highest BCUT2D eigenvalue weighted by Crippen LogP contribution is 2.24. The lowest BCUT2D eigenvalue weighted by Crippen LogP contribution is -2.20. The van der Waals surface area contributed by atoms with Gasteiger partial charge in [-0.1, -0.05) is 17.4 Å². The number of nitrogens with one attached hydrogen (secondary N) is 1. The van der Waals surface area contributed by atoms with Gasteiger partial charge >= 0.3 is 0 Å². The minimum atomic E-state index is -0.299. The molecule has 5 nitrogen and oxygen atoms in total. The summed E-state index contributed by atoms with van der Waals surface area (Å²) in [7, 11) is 0. The fourth-order valence-corrected chi connectivity index (χ4v) is 3.10. The molecule has 1 heterocycles. The number of ketones is 1. The highest BCUT2D eigenvalue weighted by atomic mass is 32.1. The maximum Gasteiger partial charge on any atom is 0.264 e. The van der Waals surface area contributed by atoms with E-state index in [1.165, 1.54) is 18.3 Å². The quantitative estimate of drug-likeness (QED) is 0.850. The van der Waals surface area contributed by atoms with E-state index in [1.54, 1.807) is 6.92 Å². The van der Waals surface area contributed by atoms with Gasteiger partial charge in [0.2, 0.25) is 0 Å². The zero-order valence-electron chi connectivity index (χ0n) is 13.9. The van der Waals surface area contributed by atoms with Gasteiger partial charge in [0.1, 0.15) is 5.75 Å². The van der Waals surface area contributed by atoms with Crippen molar-refractivity contribution in [1.29, 1.82) is 0 Å². The van der Waals surface area contributed by atoms with Crippen LogP contribution in [0.4, 0.5) is 5.13 Å². The van der Waals surface area contributed by atoms with Crippen LogP contribution in [0.3, 0.4) is 0 Å². The third-order valence-electron chi connectivity index (χ3n) is 3.49. The summed E-state index contributed by atoms with van der Waals surface area (Å²) < 4.78 is 5.61. The first-order valence-corrected chi connectivity index (χ1v) is 8.08. The summed E-state index contributed by atoms with van der Waals surface area (Å²) in [5.74, 6) is 0.354. The number of hydrogen-bond acceptors (Lipinski definition) is 5. The van der Waals surface area contributed by atoms with Crippen LogP contribution in [0.15, 0.2) is 12.1 Å². The summed E-state index contributed by atoms with van der Waals surface area (Å²) in [5, 5.41) is 3.08. The van der Waals surface area contributed by atoms with E-state index in [-0.39, 0.29) is 18.3 Å². The first kappa shape index (κ1) is 17.1. The second-order valence-corrected chi connectivity index (χ2v) is 6.53. The van der Waals surface area contributed by atoms with Crippen molar-refractivity contribution in [1.82, 2.24) is 4.98 Å². The number of nitrogens with zero attached hydrogens (tertiary/aromatic N) is 1. The number of ether oxygens (including phenoxy) is 1. The number of hydrogen-bond donors (Lipinski definition) is 1. The predicted octanol–water partition coefficient (Wildman–Crippen LogP) is 3.60. The Morgan fingerprint density at radius 1 is 1.22 bits per heavy atom. The summed E-state index contributed by atoms with van der Waals surface area (Å²) >= 11 is 1.18. The number of carbonyl (C=O) groups excluding carboxylic acids is 2. The molecular formula is C17H20N2O3S. The predicted molar refractivity (Wildman–Crippen MR) is 91.6 cm³/mol. The fraction of sp³-hybridized carbons (Fsp3) is 0.353. The second-order valence-electron chi connectivity index (χ2n) is 5.53. The molecule has 0 fully saturated rings. The van der Waals surface area contributed by atoms with Gasteiger partial charge < -0.3 is 4.74 Å². The fourth-order valence-electron chi connectivity index (χ4n) is 2.23. The van der Waals surface area contributed by atoms with Crippen LogP contribution in [-0.4, -0.2) is 23.3 Å². The number of aryl methyl sites for hydroxylation is 3. The smallest absolute Gasteiger partial charge is 0.264 e. The first-order valence-electron chi connectivity index (χ1n) is 7.26. The summed E-state index contributed by atoms with van der Waals surface area (Å²) in [4.78, 5) is 28.2. The molecule has 1 aromatic carbocycles. The highest BCUT2D eigenvalue weighted by molar-refractivity contribution is 7.17. The second kappa shape index (κ2) is 6.91. The normalized spacial score (nSPS) is 10.5. The molecule has 1 N–H and O–H groups in total. The highest BCUT2D eigenvalue weighted by Gasteiger charge is 2.14. The third kappa shape index (κ3) is 4.16. The van der Waals surface area contributed by atoms with Crippen LogP contribution in [0.5, 0.6) is 5.75 Å². The number of amides is 1. The molecule has 0 bridgehead atoms. The monoisotopic (exact) mass is 332 g/mol. The molecule has 0 aliphatic carbocycles. The number of benzene rings is 1. The van der Waals surface area contributed by atoms with E-state index in [0.717, 1.165) is 16.7 Å². The van der Waals surface area contributed by atoms with E-state index >= 15 is 0 Å². The maximum atomic E-state index is 12.0. The van der Waals surface area contributed by atoms with Gasteiger partial charge in [-0.2, -0.15) is 0 Å². The zero-order chi connectivity index (χ0) is 17.1. The van der Waals surface area contributed by atoms with E-state index in [1.807, 2.05) is 26.8 Å². The molecule has 6 heteroatoms. The van der Waals surface area contributed by atoms with Gasteiger partial charge in [0, 0.05) is 6.92 Å². The SMILES string of the molecule is CC(=O)c1sc(NC(=O)COc2cc(C)cc(C)c2C)nc1C. The molecule has 23 heavy (non-hydrogen) atoms. The van der Waals surface area contributed by atoms with E-state index in [2.05, 4.69) is 16.4 Å². The third-order valence-corrected chi connectivity index (χ3v) is 4.66. The molecule has 0 saturated heterocycles. The summed E-state index contributed by atoms with van der Waals surface area (Å²) in [6.07, 6.45) is 0. The summed E-state index contributed by atoms with van der Waals surface area (Å²) in [5.41, 5.74) is 3.86. The Morgan fingerprint density at radius 2 is 1.91 bits per heavy atom. The Hall–Kier alpha value is -2.21. The van der Waals surface area contributed by atoms with Crippen molar-refractivity contribution < 1.29 is 14.3 Å². The van der Waals surface area contributed by atoms with Crippen molar-refractivity contribution >= 4 is 28.2 Å². The molecule has 2 rings (SSSR count). The van der Waals surface area contributed by atoms with E-state index in [9.17, 15) is 9.59 Å². The van der Waals surface area contributed by atoms with Crippen LogP contribution >= 0.6 is 11.3 Å². The van der Waals surface area contributed by atoms with E-state index in [4.69, 9.17) is 4.74 Å². The molecule has 2 aromatic rings. The molecule has 0 radical (unpaired) electrons. The van der Waals surface area contributed by atoms with Gasteiger partial charge in [-0.25, -0.2) is 4.98 Å². The van der Waals surface area contributed by atoms with Crippen molar-refractivity contribution in [3.63, 3.8) is 0 Å². The number of Topliss-reactive ketones (excluding diaryl/α,β-unsaturated/α-hetero) is 1. The van der Waals surface area contributed by atoms with Gasteiger partial charge in [-0.3, -0.25) is 14.9 Å². The van der Waals surface area contributed by atoms with Crippen molar-refractivity contribution in [3.05, 3.63) is 39.4 Å². The van der Waals surface area contributed by atoms with Gasteiger partial charge in [0.15, 0.2) is 17.5 Å². The minimum absolute atomic E-state index is 0.0531. The van der Waals surface area contributed by atoms with Crippen molar-refractivity contribution in [2.24, 2.45) is 0 Å². The largest absolute Gasteiger partial charge is 0.483 e. The molecule has 0 atom stereocenters. The average Bonchev–Trinajstić information content (AvgIpc) is 2.82. The van der Waals surface area contributed by atoms with Crippen LogP contribution in [0.1, 0.15) is 39.0 Å². The van der Waals surface area contributed by atoms with Crippen molar-refractivity contribution in [2.75, 3.05) is 11.9 Å². The topological polar surface area (TPSA) is 68.3 Å².